The molecule has 3 rings (SSSR count). The van der Waals surface area contributed by atoms with Gasteiger partial charge in [-0.2, -0.15) is 0 Å². The second-order valence-corrected chi connectivity index (χ2v) is 7.24. The molecule has 1 atom stereocenters. The van der Waals surface area contributed by atoms with Crippen LogP contribution in [0.4, 0.5) is 0 Å². The highest BCUT2D eigenvalue weighted by Crippen LogP contribution is 2.37. The van der Waals surface area contributed by atoms with E-state index in [9.17, 15) is 0 Å². The fourth-order valence-corrected chi connectivity index (χ4v) is 4.59. The molecule has 0 spiro atoms. The lowest BCUT2D eigenvalue weighted by atomic mass is 9.75. The van der Waals surface area contributed by atoms with Crippen molar-refractivity contribution in [2.24, 2.45) is 11.7 Å². The van der Waals surface area contributed by atoms with E-state index in [1.165, 1.54) is 71.1 Å². The second-order valence-electron chi connectivity index (χ2n) is 7.24. The average molecular weight is 265 g/mol. The van der Waals surface area contributed by atoms with Crippen LogP contribution in [0.1, 0.15) is 51.9 Å². The highest BCUT2D eigenvalue weighted by Gasteiger charge is 2.41. The van der Waals surface area contributed by atoms with Gasteiger partial charge in [-0.3, -0.25) is 9.80 Å². The average Bonchev–Trinajstić information content (AvgIpc) is 2.77. The van der Waals surface area contributed by atoms with E-state index in [4.69, 9.17) is 5.73 Å². The van der Waals surface area contributed by atoms with Crippen molar-refractivity contribution in [1.82, 2.24) is 9.80 Å². The summed E-state index contributed by atoms with van der Waals surface area (Å²) in [5.74, 6) is 0.912. The maximum atomic E-state index is 6.25. The van der Waals surface area contributed by atoms with Crippen LogP contribution in [-0.2, 0) is 0 Å². The maximum Gasteiger partial charge on any atom is 0.0332 e. The van der Waals surface area contributed by atoms with Gasteiger partial charge in [-0.05, 0) is 64.0 Å². The van der Waals surface area contributed by atoms with Crippen molar-refractivity contribution in [1.29, 1.82) is 0 Å². The van der Waals surface area contributed by atoms with Crippen molar-refractivity contribution in [3.05, 3.63) is 0 Å². The molecule has 110 valence electrons. The molecule has 19 heavy (non-hydrogen) atoms. The molecule has 0 aromatic rings. The Morgan fingerprint density at radius 3 is 2.53 bits per heavy atom. The molecule has 1 unspecified atom stereocenters. The van der Waals surface area contributed by atoms with Gasteiger partial charge in [-0.1, -0.05) is 6.92 Å². The molecule has 1 aliphatic carbocycles. The first-order valence-corrected chi connectivity index (χ1v) is 8.43. The molecule has 3 fully saturated rings. The Morgan fingerprint density at radius 2 is 1.79 bits per heavy atom. The van der Waals surface area contributed by atoms with E-state index in [1.807, 2.05) is 0 Å². The molecule has 1 saturated carbocycles. The zero-order valence-electron chi connectivity index (χ0n) is 12.6. The molecule has 2 N–H and O–H groups in total. The molecule has 3 heteroatoms. The van der Waals surface area contributed by atoms with E-state index < -0.39 is 0 Å². The predicted molar refractivity (Wildman–Crippen MR) is 80.2 cm³/mol. The van der Waals surface area contributed by atoms with Crippen molar-refractivity contribution in [3.8, 4) is 0 Å². The molecule has 0 amide bonds. The molecule has 0 bridgehead atoms. The summed E-state index contributed by atoms with van der Waals surface area (Å²) in [7, 11) is 0. The van der Waals surface area contributed by atoms with Gasteiger partial charge in [0.2, 0.25) is 0 Å². The Kier molecular flexibility index (Phi) is 4.16. The van der Waals surface area contributed by atoms with E-state index in [2.05, 4.69) is 16.7 Å². The van der Waals surface area contributed by atoms with Crippen LogP contribution in [0.3, 0.4) is 0 Å². The molecule has 0 aromatic heterocycles. The van der Waals surface area contributed by atoms with Crippen LogP contribution in [0.5, 0.6) is 0 Å². The van der Waals surface area contributed by atoms with Crippen LogP contribution in [0.25, 0.3) is 0 Å². The zero-order chi connectivity index (χ0) is 13.3. The second kappa shape index (κ2) is 5.71. The van der Waals surface area contributed by atoms with Gasteiger partial charge in [0.1, 0.15) is 0 Å². The SMILES string of the molecule is CC1CCC(CN)(N2CCCN3CCCC3C2)CC1. The van der Waals surface area contributed by atoms with Crippen LogP contribution < -0.4 is 5.73 Å². The number of fused-ring (bicyclic) bond motifs is 1. The summed E-state index contributed by atoms with van der Waals surface area (Å²) < 4.78 is 0. The van der Waals surface area contributed by atoms with Crippen LogP contribution >= 0.6 is 0 Å². The summed E-state index contributed by atoms with van der Waals surface area (Å²) in [6, 6.07) is 0.824. The quantitative estimate of drug-likeness (QED) is 0.829. The van der Waals surface area contributed by atoms with Crippen molar-refractivity contribution >= 4 is 0 Å². The standard InChI is InChI=1S/C16H31N3/c1-14-5-7-16(13-17,8-6-14)19-11-3-10-18-9-2-4-15(18)12-19/h14-15H,2-13,17H2,1H3. The van der Waals surface area contributed by atoms with Crippen LogP contribution in [0, 0.1) is 5.92 Å². The summed E-state index contributed by atoms with van der Waals surface area (Å²) in [5, 5.41) is 0. The number of hydrogen-bond donors (Lipinski definition) is 1. The number of rotatable bonds is 2. The topological polar surface area (TPSA) is 32.5 Å². The molecular formula is C16H31N3. The third-order valence-corrected chi connectivity index (χ3v) is 6.06. The number of hydrogen-bond acceptors (Lipinski definition) is 3. The highest BCUT2D eigenvalue weighted by molar-refractivity contribution is 4.98. The fourth-order valence-electron chi connectivity index (χ4n) is 4.59. The molecule has 3 nitrogen and oxygen atoms in total. The Labute approximate surface area is 118 Å². The van der Waals surface area contributed by atoms with Gasteiger partial charge in [0.15, 0.2) is 0 Å². The smallest absolute Gasteiger partial charge is 0.0332 e. The van der Waals surface area contributed by atoms with Crippen molar-refractivity contribution in [3.63, 3.8) is 0 Å². The van der Waals surface area contributed by atoms with Gasteiger partial charge in [0, 0.05) is 31.2 Å². The highest BCUT2D eigenvalue weighted by atomic mass is 15.3. The van der Waals surface area contributed by atoms with Gasteiger partial charge in [-0.25, -0.2) is 0 Å². The molecule has 0 aromatic carbocycles. The molecule has 2 aliphatic heterocycles. The Morgan fingerprint density at radius 1 is 1.05 bits per heavy atom. The molecule has 0 radical (unpaired) electrons. The first-order valence-electron chi connectivity index (χ1n) is 8.43. The first-order chi connectivity index (χ1) is 9.23. The van der Waals surface area contributed by atoms with E-state index >= 15 is 0 Å². The summed E-state index contributed by atoms with van der Waals surface area (Å²) in [4.78, 5) is 5.53. The summed E-state index contributed by atoms with van der Waals surface area (Å²) in [5.41, 5.74) is 6.59. The minimum absolute atomic E-state index is 0.338. The van der Waals surface area contributed by atoms with Crippen molar-refractivity contribution in [2.45, 2.75) is 63.5 Å². The minimum Gasteiger partial charge on any atom is -0.329 e. The monoisotopic (exact) mass is 265 g/mol. The van der Waals surface area contributed by atoms with Gasteiger partial charge < -0.3 is 5.73 Å². The molecule has 2 saturated heterocycles. The lowest BCUT2D eigenvalue weighted by Crippen LogP contribution is -2.57. The molecule has 3 aliphatic rings. The van der Waals surface area contributed by atoms with Gasteiger partial charge in [0.05, 0.1) is 0 Å². The lowest BCUT2D eigenvalue weighted by molar-refractivity contribution is 0.0393. The predicted octanol–water partition coefficient (Wildman–Crippen LogP) is 2.06. The Hall–Kier alpha value is -0.120. The van der Waals surface area contributed by atoms with E-state index in [-0.39, 0.29) is 0 Å². The van der Waals surface area contributed by atoms with Crippen LogP contribution in [0.15, 0.2) is 0 Å². The van der Waals surface area contributed by atoms with Gasteiger partial charge in [-0.15, -0.1) is 0 Å². The first kappa shape index (κ1) is 13.8. The minimum atomic E-state index is 0.338. The maximum absolute atomic E-state index is 6.25. The van der Waals surface area contributed by atoms with Gasteiger partial charge in [0.25, 0.3) is 0 Å². The normalized spacial score (nSPS) is 42.0. The number of nitrogens with two attached hydrogens (primary N) is 1. The lowest BCUT2D eigenvalue weighted by Gasteiger charge is -2.47. The van der Waals surface area contributed by atoms with Gasteiger partial charge >= 0.3 is 0 Å². The summed E-state index contributed by atoms with van der Waals surface area (Å²) >= 11 is 0. The fraction of sp³-hybridized carbons (Fsp3) is 1.00. The zero-order valence-corrected chi connectivity index (χ0v) is 12.6. The van der Waals surface area contributed by atoms with Crippen molar-refractivity contribution in [2.75, 3.05) is 32.7 Å². The third-order valence-electron chi connectivity index (χ3n) is 6.06. The molecule has 2 heterocycles. The van der Waals surface area contributed by atoms with E-state index in [1.54, 1.807) is 0 Å². The summed E-state index contributed by atoms with van der Waals surface area (Å²) in [6.45, 7) is 8.49. The summed E-state index contributed by atoms with van der Waals surface area (Å²) in [6.07, 6.45) is 9.57. The number of nitrogens with zero attached hydrogens (tertiary/aromatic N) is 2. The van der Waals surface area contributed by atoms with E-state index in [0.29, 0.717) is 5.54 Å². The third kappa shape index (κ3) is 2.70. The Bertz CT molecular complexity index is 296. The largest absolute Gasteiger partial charge is 0.329 e. The van der Waals surface area contributed by atoms with E-state index in [0.717, 1.165) is 18.5 Å². The molecular weight excluding hydrogens is 234 g/mol. The van der Waals surface area contributed by atoms with Crippen molar-refractivity contribution < 1.29 is 0 Å². The Balaban J connectivity index is 1.71. The van der Waals surface area contributed by atoms with Crippen LogP contribution in [-0.4, -0.2) is 54.1 Å². The van der Waals surface area contributed by atoms with Crippen LogP contribution in [0.2, 0.25) is 0 Å².